The number of nitrogens with zero attached hydrogens (tertiary/aromatic N) is 5. The van der Waals surface area contributed by atoms with Crippen molar-refractivity contribution < 1.29 is 23.5 Å². The van der Waals surface area contributed by atoms with E-state index in [4.69, 9.17) is 16.3 Å². The normalized spacial score (nSPS) is 18.2. The Morgan fingerprint density at radius 2 is 1.92 bits per heavy atom. The first-order valence-electron chi connectivity index (χ1n) is 13.3. The molecular weight excluding hydrogens is 527 g/mol. The number of hydrogen-bond acceptors (Lipinski definition) is 6. The molecule has 2 aliphatic rings. The maximum atomic E-state index is 14.0. The van der Waals surface area contributed by atoms with E-state index in [2.05, 4.69) is 15.4 Å². The number of ether oxygens (including phenoxy) is 1. The van der Waals surface area contributed by atoms with Gasteiger partial charge >= 0.3 is 6.09 Å². The number of halogens is 2. The first-order valence-corrected chi connectivity index (χ1v) is 13.8. The molecule has 1 aliphatic carbocycles. The zero-order chi connectivity index (χ0) is 28.4. The maximum Gasteiger partial charge on any atom is 0.410 e. The maximum absolute atomic E-state index is 14.0. The Balaban J connectivity index is 1.54. The van der Waals surface area contributed by atoms with E-state index in [0.29, 0.717) is 5.82 Å². The molecule has 0 bridgehead atoms. The Morgan fingerprint density at radius 3 is 2.41 bits per heavy atom. The second-order valence-electron chi connectivity index (χ2n) is 11.2. The molecule has 1 saturated carbocycles. The van der Waals surface area contributed by atoms with Crippen LogP contribution in [0.15, 0.2) is 30.7 Å². The van der Waals surface area contributed by atoms with Gasteiger partial charge in [-0.15, -0.1) is 11.6 Å². The summed E-state index contributed by atoms with van der Waals surface area (Å²) in [4.78, 5) is 47.5. The van der Waals surface area contributed by atoms with Crippen LogP contribution in [0.3, 0.4) is 0 Å². The molecule has 10 nitrogen and oxygen atoms in total. The van der Waals surface area contributed by atoms with Gasteiger partial charge in [0.25, 0.3) is 0 Å². The van der Waals surface area contributed by atoms with Crippen LogP contribution in [0.25, 0.3) is 5.82 Å². The van der Waals surface area contributed by atoms with Crippen molar-refractivity contribution in [3.63, 3.8) is 0 Å². The van der Waals surface area contributed by atoms with Crippen molar-refractivity contribution in [3.05, 3.63) is 42.1 Å². The fourth-order valence-corrected chi connectivity index (χ4v) is 5.22. The molecule has 3 amide bonds. The molecule has 39 heavy (non-hydrogen) atoms. The minimum Gasteiger partial charge on any atom is -0.444 e. The number of pyridine rings is 1. The number of amides is 3. The monoisotopic (exact) mass is 562 g/mol. The highest BCUT2D eigenvalue weighted by Gasteiger charge is 2.52. The lowest BCUT2D eigenvalue weighted by molar-refractivity contribution is -0.156. The van der Waals surface area contributed by atoms with Gasteiger partial charge in [0, 0.05) is 25.3 Å². The Labute approximate surface area is 232 Å². The summed E-state index contributed by atoms with van der Waals surface area (Å²) in [5, 5.41) is 7.00. The van der Waals surface area contributed by atoms with Crippen molar-refractivity contribution in [2.45, 2.75) is 83.0 Å². The van der Waals surface area contributed by atoms with Gasteiger partial charge in [-0.1, -0.05) is 6.07 Å². The fourth-order valence-electron chi connectivity index (χ4n) is 5.09. The summed E-state index contributed by atoms with van der Waals surface area (Å²) in [7, 11) is 0. The molecule has 212 valence electrons. The molecule has 4 rings (SSSR count). The van der Waals surface area contributed by atoms with Crippen molar-refractivity contribution in [2.24, 2.45) is 0 Å². The van der Waals surface area contributed by atoms with Crippen molar-refractivity contribution in [3.8, 4) is 5.82 Å². The summed E-state index contributed by atoms with van der Waals surface area (Å²) in [6, 6.07) is 2.99. The van der Waals surface area contributed by atoms with Gasteiger partial charge in [0.05, 0.1) is 18.4 Å². The third-order valence-corrected chi connectivity index (χ3v) is 7.58. The molecule has 0 unspecified atom stereocenters. The molecule has 0 radical (unpaired) electrons. The molecule has 2 fully saturated rings. The van der Waals surface area contributed by atoms with E-state index in [9.17, 15) is 18.8 Å². The van der Waals surface area contributed by atoms with Gasteiger partial charge in [-0.25, -0.2) is 18.9 Å². The lowest BCUT2D eigenvalue weighted by Crippen LogP contribution is -2.68. The van der Waals surface area contributed by atoms with Gasteiger partial charge in [0.2, 0.25) is 11.8 Å². The summed E-state index contributed by atoms with van der Waals surface area (Å²) in [6.45, 7) is 7.79. The van der Waals surface area contributed by atoms with Crippen LogP contribution in [0, 0.1) is 5.82 Å². The topological polar surface area (TPSA) is 110 Å². The van der Waals surface area contributed by atoms with Crippen LogP contribution in [0.4, 0.5) is 9.18 Å². The number of rotatable bonds is 7. The van der Waals surface area contributed by atoms with Crippen molar-refractivity contribution in [1.82, 2.24) is 29.9 Å². The highest BCUT2D eigenvalue weighted by molar-refractivity contribution is 6.27. The number of carbonyl (C=O) groups is 3. The average Bonchev–Trinajstić information content (AvgIpc) is 3.31. The molecule has 1 atom stereocenters. The van der Waals surface area contributed by atoms with Gasteiger partial charge in [-0.05, 0) is 71.4 Å². The predicted molar refractivity (Wildman–Crippen MR) is 143 cm³/mol. The van der Waals surface area contributed by atoms with Crippen LogP contribution < -0.4 is 5.32 Å². The number of likely N-dealkylation sites (tertiary alicyclic amines) is 1. The van der Waals surface area contributed by atoms with Crippen molar-refractivity contribution in [2.75, 3.05) is 19.0 Å². The summed E-state index contributed by atoms with van der Waals surface area (Å²) in [6.07, 6.45) is 6.62. The quantitative estimate of drug-likeness (QED) is 0.511. The minimum absolute atomic E-state index is 0.0687. The molecule has 1 aliphatic heterocycles. The Morgan fingerprint density at radius 1 is 1.23 bits per heavy atom. The molecule has 2 aromatic heterocycles. The predicted octanol–water partition coefficient (Wildman–Crippen LogP) is 3.97. The molecule has 2 aromatic rings. The van der Waals surface area contributed by atoms with E-state index in [1.54, 1.807) is 48.9 Å². The van der Waals surface area contributed by atoms with Crippen LogP contribution in [0.5, 0.6) is 0 Å². The van der Waals surface area contributed by atoms with E-state index >= 15 is 0 Å². The lowest BCUT2D eigenvalue weighted by Gasteiger charge is -2.52. The van der Waals surface area contributed by atoms with Gasteiger partial charge in [-0.2, -0.15) is 5.10 Å². The molecule has 3 heterocycles. The zero-order valence-corrected chi connectivity index (χ0v) is 23.6. The van der Waals surface area contributed by atoms with Crippen molar-refractivity contribution in [1.29, 1.82) is 0 Å². The number of aromatic nitrogens is 3. The molecular formula is C27H36ClFN6O4. The Bertz CT molecular complexity index is 1190. The van der Waals surface area contributed by atoms with Crippen LogP contribution in [0.2, 0.25) is 0 Å². The van der Waals surface area contributed by atoms with Crippen LogP contribution in [0.1, 0.15) is 71.4 Å². The smallest absolute Gasteiger partial charge is 0.410 e. The fraction of sp³-hybridized carbons (Fsp3) is 0.593. The van der Waals surface area contributed by atoms with Gasteiger partial charge < -0.3 is 19.9 Å². The zero-order valence-electron chi connectivity index (χ0n) is 22.8. The van der Waals surface area contributed by atoms with Gasteiger partial charge in [0.1, 0.15) is 17.0 Å². The number of hydrogen-bond donors (Lipinski definition) is 1. The second kappa shape index (κ2) is 11.5. The molecule has 1 saturated heterocycles. The summed E-state index contributed by atoms with van der Waals surface area (Å²) in [5.41, 5.74) is -1.05. The minimum atomic E-state index is -1.15. The summed E-state index contributed by atoms with van der Waals surface area (Å²) >= 11 is 6.03. The van der Waals surface area contributed by atoms with Crippen LogP contribution in [-0.2, 0) is 14.3 Å². The van der Waals surface area contributed by atoms with E-state index in [0.717, 1.165) is 31.0 Å². The first-order chi connectivity index (χ1) is 18.4. The third kappa shape index (κ3) is 6.34. The Kier molecular flexibility index (Phi) is 8.48. The molecule has 0 aromatic carbocycles. The van der Waals surface area contributed by atoms with E-state index in [1.807, 2.05) is 6.92 Å². The number of piperidine rings is 1. The standard InChI is InChI=1S/C27H36ClFN6O4/c1-18(19-8-9-22(30-15-19)34-17-20(29)16-31-34)32-24(37)27(35(23(36)14-28)21-6-5-7-21)10-12-33(13-11-27)25(38)39-26(2,3)4/h8-9,15-18,21H,5-7,10-14H2,1-4H3,(H,32,37)/t18-/m0/s1. The van der Waals surface area contributed by atoms with Crippen molar-refractivity contribution >= 4 is 29.5 Å². The van der Waals surface area contributed by atoms with Gasteiger partial charge in [-0.3, -0.25) is 9.59 Å². The number of carbonyl (C=O) groups excluding carboxylic acids is 3. The SMILES string of the molecule is C[C@H](NC(=O)C1(N(C(=O)CCl)C2CCC2)CCN(C(=O)OC(C)(C)C)CC1)c1ccc(-n2cc(F)cn2)nc1. The highest BCUT2D eigenvalue weighted by atomic mass is 35.5. The third-order valence-electron chi connectivity index (χ3n) is 7.35. The summed E-state index contributed by atoms with van der Waals surface area (Å²) in [5.74, 6) is -0.825. The average molecular weight is 563 g/mol. The largest absolute Gasteiger partial charge is 0.444 e. The van der Waals surface area contributed by atoms with Crippen LogP contribution in [-0.4, -0.2) is 78.6 Å². The molecule has 1 N–H and O–H groups in total. The Hall–Kier alpha value is -3.21. The van der Waals surface area contributed by atoms with E-state index in [-0.39, 0.29) is 49.7 Å². The number of nitrogens with one attached hydrogen (secondary N) is 1. The molecule has 0 spiro atoms. The van der Waals surface area contributed by atoms with E-state index in [1.165, 1.54) is 10.9 Å². The molecule has 12 heteroatoms. The number of alkyl halides is 1. The van der Waals surface area contributed by atoms with Crippen LogP contribution >= 0.6 is 11.6 Å². The van der Waals surface area contributed by atoms with Gasteiger partial charge in [0.15, 0.2) is 11.6 Å². The highest BCUT2D eigenvalue weighted by Crippen LogP contribution is 2.38. The first kappa shape index (κ1) is 28.8. The lowest BCUT2D eigenvalue weighted by atomic mass is 9.79. The van der Waals surface area contributed by atoms with E-state index < -0.39 is 29.1 Å². The second-order valence-corrected chi connectivity index (χ2v) is 11.5. The summed E-state index contributed by atoms with van der Waals surface area (Å²) < 4.78 is 20.2.